The van der Waals surface area contributed by atoms with Gasteiger partial charge in [-0.2, -0.15) is 0 Å². The highest BCUT2D eigenvalue weighted by molar-refractivity contribution is 5.96. The molecule has 2 amide bonds. The minimum Gasteiger partial charge on any atom is -0.348 e. The van der Waals surface area contributed by atoms with E-state index in [0.717, 1.165) is 56.8 Å². The molecule has 0 atom stereocenters. The third-order valence-corrected chi connectivity index (χ3v) is 5.81. The van der Waals surface area contributed by atoms with Crippen LogP contribution in [-0.2, 0) is 17.9 Å². The molecule has 158 valence electrons. The third-order valence-electron chi connectivity index (χ3n) is 5.81. The first-order chi connectivity index (χ1) is 14.6. The number of likely N-dealkylation sites (N-methyl/N-ethyl adjacent to an activating group) is 1. The van der Waals surface area contributed by atoms with Gasteiger partial charge in [0.25, 0.3) is 5.91 Å². The molecule has 2 aliphatic rings. The van der Waals surface area contributed by atoms with Gasteiger partial charge in [0.15, 0.2) is 0 Å². The van der Waals surface area contributed by atoms with Crippen LogP contribution in [0.5, 0.6) is 0 Å². The van der Waals surface area contributed by atoms with Crippen molar-refractivity contribution in [3.63, 3.8) is 0 Å². The Hall–Kier alpha value is -2.70. The summed E-state index contributed by atoms with van der Waals surface area (Å²) >= 11 is 0. The predicted molar refractivity (Wildman–Crippen MR) is 118 cm³/mol. The Kier molecular flexibility index (Phi) is 6.45. The summed E-state index contributed by atoms with van der Waals surface area (Å²) in [5, 5.41) is 5.89. The van der Waals surface area contributed by atoms with Gasteiger partial charge in [-0.05, 0) is 55.3 Å². The molecule has 0 spiro atoms. The van der Waals surface area contributed by atoms with Crippen LogP contribution in [0.25, 0.3) is 0 Å². The molecule has 1 aliphatic heterocycles. The van der Waals surface area contributed by atoms with Crippen molar-refractivity contribution in [2.45, 2.75) is 25.9 Å². The second kappa shape index (κ2) is 9.41. The van der Waals surface area contributed by atoms with Gasteiger partial charge in [-0.3, -0.25) is 14.5 Å². The maximum atomic E-state index is 12.5. The predicted octanol–water partition coefficient (Wildman–Crippen LogP) is 2.71. The Morgan fingerprint density at radius 2 is 1.67 bits per heavy atom. The second-order valence-corrected chi connectivity index (χ2v) is 8.42. The van der Waals surface area contributed by atoms with Crippen LogP contribution in [-0.4, -0.2) is 54.8 Å². The van der Waals surface area contributed by atoms with E-state index in [0.29, 0.717) is 12.1 Å². The van der Waals surface area contributed by atoms with E-state index in [2.05, 4.69) is 45.7 Å². The van der Waals surface area contributed by atoms with E-state index in [1.807, 2.05) is 6.07 Å². The number of hydrogen-bond acceptors (Lipinski definition) is 4. The standard InChI is InChI=1S/C24H30N4O2/c1-27-11-13-28(14-12-27)17-19-4-2-3-18(15-19)16-25-23(29)20-7-9-22(10-8-20)26-24(30)21-5-6-21/h2-4,7-10,15,21H,5-6,11-14,16-17H2,1H3,(H,25,29)(H,26,30). The average molecular weight is 407 g/mol. The molecule has 0 radical (unpaired) electrons. The lowest BCUT2D eigenvalue weighted by molar-refractivity contribution is -0.117. The summed E-state index contributed by atoms with van der Waals surface area (Å²) in [6, 6.07) is 15.5. The zero-order valence-corrected chi connectivity index (χ0v) is 17.6. The number of anilines is 1. The molecule has 0 bridgehead atoms. The summed E-state index contributed by atoms with van der Waals surface area (Å²) in [5.74, 6) is 0.128. The maximum absolute atomic E-state index is 12.5. The van der Waals surface area contributed by atoms with Crippen molar-refractivity contribution in [2.24, 2.45) is 5.92 Å². The van der Waals surface area contributed by atoms with Gasteiger partial charge in [-0.25, -0.2) is 0 Å². The number of amides is 2. The summed E-state index contributed by atoms with van der Waals surface area (Å²) in [6.45, 7) is 5.85. The number of hydrogen-bond donors (Lipinski definition) is 2. The summed E-state index contributed by atoms with van der Waals surface area (Å²) in [6.07, 6.45) is 1.95. The van der Waals surface area contributed by atoms with E-state index >= 15 is 0 Å². The topological polar surface area (TPSA) is 64.7 Å². The van der Waals surface area contributed by atoms with Gasteiger partial charge in [0.1, 0.15) is 0 Å². The van der Waals surface area contributed by atoms with E-state index in [4.69, 9.17) is 0 Å². The summed E-state index contributed by atoms with van der Waals surface area (Å²) in [7, 11) is 2.17. The molecule has 1 heterocycles. The molecule has 4 rings (SSSR count). The van der Waals surface area contributed by atoms with Gasteiger partial charge in [0.05, 0.1) is 0 Å². The number of rotatable bonds is 7. The van der Waals surface area contributed by atoms with Crippen molar-refractivity contribution in [3.05, 3.63) is 65.2 Å². The molecule has 2 N–H and O–H groups in total. The fourth-order valence-electron chi connectivity index (χ4n) is 3.68. The Bertz CT molecular complexity index is 884. The van der Waals surface area contributed by atoms with Crippen LogP contribution in [0.15, 0.2) is 48.5 Å². The SMILES string of the molecule is CN1CCN(Cc2cccc(CNC(=O)c3ccc(NC(=O)C4CC4)cc3)c2)CC1. The van der Waals surface area contributed by atoms with E-state index < -0.39 is 0 Å². The molecule has 1 saturated carbocycles. The van der Waals surface area contributed by atoms with Crippen LogP contribution in [0.4, 0.5) is 5.69 Å². The van der Waals surface area contributed by atoms with Crippen molar-refractivity contribution in [1.29, 1.82) is 0 Å². The van der Waals surface area contributed by atoms with Gasteiger partial charge >= 0.3 is 0 Å². The van der Waals surface area contributed by atoms with Crippen molar-refractivity contribution in [3.8, 4) is 0 Å². The van der Waals surface area contributed by atoms with Gasteiger partial charge in [-0.15, -0.1) is 0 Å². The van der Waals surface area contributed by atoms with E-state index in [1.165, 1.54) is 5.56 Å². The lowest BCUT2D eigenvalue weighted by Gasteiger charge is -2.32. The highest BCUT2D eigenvalue weighted by atomic mass is 16.2. The molecule has 30 heavy (non-hydrogen) atoms. The number of carbonyl (C=O) groups is 2. The van der Waals surface area contributed by atoms with E-state index in [9.17, 15) is 9.59 Å². The molecule has 2 aromatic carbocycles. The average Bonchev–Trinajstić information content (AvgIpc) is 3.60. The molecule has 2 aromatic rings. The number of carbonyl (C=O) groups excluding carboxylic acids is 2. The Morgan fingerprint density at radius 1 is 0.967 bits per heavy atom. The molecule has 2 fully saturated rings. The van der Waals surface area contributed by atoms with E-state index in [-0.39, 0.29) is 17.7 Å². The quantitative estimate of drug-likeness (QED) is 0.742. The summed E-state index contributed by atoms with van der Waals surface area (Å²) < 4.78 is 0. The maximum Gasteiger partial charge on any atom is 0.251 e. The number of nitrogens with one attached hydrogen (secondary N) is 2. The zero-order valence-electron chi connectivity index (χ0n) is 17.6. The van der Waals surface area contributed by atoms with Gasteiger partial charge in [0.2, 0.25) is 5.91 Å². The largest absolute Gasteiger partial charge is 0.348 e. The normalized spacial score (nSPS) is 17.5. The van der Waals surface area contributed by atoms with Crippen LogP contribution in [0, 0.1) is 5.92 Å². The van der Waals surface area contributed by atoms with Crippen LogP contribution in [0.1, 0.15) is 34.3 Å². The van der Waals surface area contributed by atoms with Gasteiger partial charge < -0.3 is 15.5 Å². The van der Waals surface area contributed by atoms with Crippen LogP contribution in [0.3, 0.4) is 0 Å². The van der Waals surface area contributed by atoms with Crippen molar-refractivity contribution < 1.29 is 9.59 Å². The second-order valence-electron chi connectivity index (χ2n) is 8.42. The molecule has 1 saturated heterocycles. The summed E-state index contributed by atoms with van der Waals surface area (Å²) in [5.41, 5.74) is 3.71. The third kappa shape index (κ3) is 5.68. The minimum absolute atomic E-state index is 0.0728. The molecule has 0 aromatic heterocycles. The molecule has 6 heteroatoms. The van der Waals surface area contributed by atoms with E-state index in [1.54, 1.807) is 24.3 Å². The molecule has 6 nitrogen and oxygen atoms in total. The smallest absolute Gasteiger partial charge is 0.251 e. The monoisotopic (exact) mass is 406 g/mol. The minimum atomic E-state index is -0.112. The lowest BCUT2D eigenvalue weighted by Crippen LogP contribution is -2.43. The summed E-state index contributed by atoms with van der Waals surface area (Å²) in [4.78, 5) is 29.1. The highest BCUT2D eigenvalue weighted by Crippen LogP contribution is 2.30. The first-order valence-electron chi connectivity index (χ1n) is 10.7. The number of benzene rings is 2. The van der Waals surface area contributed by atoms with Crippen molar-refractivity contribution in [2.75, 3.05) is 38.5 Å². The van der Waals surface area contributed by atoms with Crippen LogP contribution < -0.4 is 10.6 Å². The van der Waals surface area contributed by atoms with Crippen LogP contribution >= 0.6 is 0 Å². The fraction of sp³-hybridized carbons (Fsp3) is 0.417. The lowest BCUT2D eigenvalue weighted by atomic mass is 10.1. The van der Waals surface area contributed by atoms with Crippen molar-refractivity contribution in [1.82, 2.24) is 15.1 Å². The first-order valence-corrected chi connectivity index (χ1v) is 10.7. The number of piperazine rings is 1. The Morgan fingerprint density at radius 3 is 2.37 bits per heavy atom. The van der Waals surface area contributed by atoms with Gasteiger partial charge in [-0.1, -0.05) is 24.3 Å². The molecular weight excluding hydrogens is 376 g/mol. The van der Waals surface area contributed by atoms with Crippen LogP contribution in [0.2, 0.25) is 0 Å². The Balaban J connectivity index is 1.27. The fourth-order valence-corrected chi connectivity index (χ4v) is 3.68. The zero-order chi connectivity index (χ0) is 20.9. The highest BCUT2D eigenvalue weighted by Gasteiger charge is 2.29. The Labute approximate surface area is 178 Å². The van der Waals surface area contributed by atoms with Gasteiger partial charge in [0, 0.05) is 56.4 Å². The molecule has 0 unspecified atom stereocenters. The first kappa shape index (κ1) is 20.6. The number of nitrogens with zero attached hydrogens (tertiary/aromatic N) is 2. The molecule has 1 aliphatic carbocycles. The molecular formula is C24H30N4O2. The van der Waals surface area contributed by atoms with Crippen molar-refractivity contribution >= 4 is 17.5 Å².